The zero-order chi connectivity index (χ0) is 18.6. The summed E-state index contributed by atoms with van der Waals surface area (Å²) in [6.45, 7) is 1.78. The van der Waals surface area contributed by atoms with Crippen LogP contribution in [0.3, 0.4) is 0 Å². The number of thiocarbonyl (C=S) groups is 1. The smallest absolute Gasteiger partial charge is 0.270 e. The number of sulfonamides is 1. The van der Waals surface area contributed by atoms with Crippen LogP contribution in [0.4, 0.5) is 11.4 Å². The largest absolute Gasteiger partial charge is 0.331 e. The van der Waals surface area contributed by atoms with Crippen LogP contribution in [0.5, 0.6) is 0 Å². The number of hydrazine groups is 1. The van der Waals surface area contributed by atoms with Crippen LogP contribution >= 0.6 is 23.8 Å². The van der Waals surface area contributed by atoms with E-state index in [1.54, 1.807) is 25.1 Å². The number of halogens is 1. The number of nitro benzene ring substituents is 1. The second-order valence-electron chi connectivity index (χ2n) is 4.85. The number of rotatable bonds is 5. The average Bonchev–Trinajstić information content (AvgIpc) is 2.57. The van der Waals surface area contributed by atoms with Crippen molar-refractivity contribution in [2.24, 2.45) is 0 Å². The molecular formula is C14H13ClN4O4S2. The van der Waals surface area contributed by atoms with Crippen LogP contribution in [0.1, 0.15) is 5.56 Å². The van der Waals surface area contributed by atoms with Gasteiger partial charge < -0.3 is 5.32 Å². The fourth-order valence-corrected chi connectivity index (χ4v) is 3.12. The van der Waals surface area contributed by atoms with Crippen LogP contribution in [-0.4, -0.2) is 18.5 Å². The molecule has 0 spiro atoms. The molecule has 8 nitrogen and oxygen atoms in total. The third-order valence-electron chi connectivity index (χ3n) is 3.15. The third-order valence-corrected chi connectivity index (χ3v) is 5.01. The van der Waals surface area contributed by atoms with E-state index in [-0.39, 0.29) is 15.7 Å². The minimum atomic E-state index is -4.04. The minimum Gasteiger partial charge on any atom is -0.331 e. The number of nitro groups is 1. The molecule has 0 bridgehead atoms. The first-order chi connectivity index (χ1) is 11.7. The van der Waals surface area contributed by atoms with Crippen molar-refractivity contribution in [3.8, 4) is 0 Å². The Labute approximate surface area is 154 Å². The molecule has 0 amide bonds. The highest BCUT2D eigenvalue weighted by Gasteiger charge is 2.18. The normalized spacial score (nSPS) is 11.0. The van der Waals surface area contributed by atoms with Crippen molar-refractivity contribution < 1.29 is 13.3 Å². The molecule has 0 radical (unpaired) electrons. The maximum absolute atomic E-state index is 12.2. The van der Waals surface area contributed by atoms with Crippen LogP contribution in [-0.2, 0) is 10.0 Å². The molecule has 2 rings (SSSR count). The number of hydrogen-bond donors (Lipinski definition) is 3. The number of benzene rings is 2. The quantitative estimate of drug-likeness (QED) is 0.401. The second kappa shape index (κ2) is 7.74. The molecule has 0 aliphatic carbocycles. The van der Waals surface area contributed by atoms with Gasteiger partial charge in [0.15, 0.2) is 5.11 Å². The van der Waals surface area contributed by atoms with E-state index in [0.717, 1.165) is 11.6 Å². The molecule has 11 heteroatoms. The predicted molar refractivity (Wildman–Crippen MR) is 99.0 cm³/mol. The van der Waals surface area contributed by atoms with Crippen molar-refractivity contribution in [1.29, 1.82) is 0 Å². The third kappa shape index (κ3) is 4.86. The van der Waals surface area contributed by atoms with E-state index < -0.39 is 14.9 Å². The van der Waals surface area contributed by atoms with E-state index in [1.165, 1.54) is 18.2 Å². The molecule has 0 saturated carbocycles. The van der Waals surface area contributed by atoms with Crippen LogP contribution in [0.15, 0.2) is 47.4 Å². The summed E-state index contributed by atoms with van der Waals surface area (Å²) in [5.41, 5.74) is 3.36. The van der Waals surface area contributed by atoms with Gasteiger partial charge in [0.05, 0.1) is 9.82 Å². The van der Waals surface area contributed by atoms with Crippen molar-refractivity contribution in [3.05, 3.63) is 63.2 Å². The second-order valence-corrected chi connectivity index (χ2v) is 7.35. The Morgan fingerprint density at radius 3 is 2.60 bits per heavy atom. The van der Waals surface area contributed by atoms with Gasteiger partial charge in [-0.2, -0.15) is 0 Å². The molecule has 0 fully saturated rings. The topological polar surface area (TPSA) is 113 Å². The van der Waals surface area contributed by atoms with Crippen molar-refractivity contribution in [2.75, 3.05) is 5.32 Å². The molecule has 2 aromatic carbocycles. The van der Waals surface area contributed by atoms with Gasteiger partial charge in [-0.05, 0) is 42.9 Å². The molecule has 0 aromatic heterocycles. The van der Waals surface area contributed by atoms with Gasteiger partial charge in [0.1, 0.15) is 0 Å². The molecule has 132 valence electrons. The van der Waals surface area contributed by atoms with Gasteiger partial charge in [0, 0.05) is 22.8 Å². The van der Waals surface area contributed by atoms with Gasteiger partial charge in [0.2, 0.25) is 0 Å². The fourth-order valence-electron chi connectivity index (χ4n) is 1.83. The maximum atomic E-state index is 12.2. The molecule has 2 aromatic rings. The van der Waals surface area contributed by atoms with E-state index in [1.807, 2.05) is 0 Å². The summed E-state index contributed by atoms with van der Waals surface area (Å²) < 4.78 is 24.4. The Kier molecular flexibility index (Phi) is 5.90. The number of non-ortho nitro benzene ring substituents is 1. The molecule has 0 unspecified atom stereocenters. The predicted octanol–water partition coefficient (Wildman–Crippen LogP) is 2.74. The van der Waals surface area contributed by atoms with Crippen molar-refractivity contribution >= 4 is 50.3 Å². The Morgan fingerprint density at radius 2 is 1.92 bits per heavy atom. The van der Waals surface area contributed by atoms with Gasteiger partial charge in [-0.3, -0.25) is 15.5 Å². The van der Waals surface area contributed by atoms with Gasteiger partial charge >= 0.3 is 0 Å². The maximum Gasteiger partial charge on any atom is 0.270 e. The van der Waals surface area contributed by atoms with Crippen molar-refractivity contribution in [1.82, 2.24) is 10.3 Å². The fraction of sp³-hybridized carbons (Fsp3) is 0.0714. The molecule has 3 N–H and O–H groups in total. The van der Waals surface area contributed by atoms with Crippen LogP contribution < -0.4 is 15.6 Å². The molecule has 0 atom stereocenters. The summed E-state index contributed by atoms with van der Waals surface area (Å²) in [7, 11) is -4.04. The van der Waals surface area contributed by atoms with Crippen molar-refractivity contribution in [2.45, 2.75) is 11.8 Å². The first-order valence-corrected chi connectivity index (χ1v) is 9.06. The lowest BCUT2D eigenvalue weighted by Crippen LogP contribution is -2.43. The molecule has 0 heterocycles. The Hall–Kier alpha value is -2.27. The minimum absolute atomic E-state index is 0.0145. The highest BCUT2D eigenvalue weighted by atomic mass is 35.5. The lowest BCUT2D eigenvalue weighted by Gasteiger charge is -2.14. The number of hydrogen-bond acceptors (Lipinski definition) is 5. The summed E-state index contributed by atoms with van der Waals surface area (Å²) in [6, 6.07) is 9.80. The van der Waals surface area contributed by atoms with E-state index in [9.17, 15) is 18.5 Å². The van der Waals surface area contributed by atoms with E-state index >= 15 is 0 Å². The first kappa shape index (κ1) is 19.1. The van der Waals surface area contributed by atoms with Crippen LogP contribution in [0.25, 0.3) is 0 Å². The van der Waals surface area contributed by atoms with Gasteiger partial charge in [0.25, 0.3) is 15.7 Å². The summed E-state index contributed by atoms with van der Waals surface area (Å²) in [6.07, 6.45) is 0. The average molecular weight is 401 g/mol. The van der Waals surface area contributed by atoms with E-state index in [4.69, 9.17) is 23.8 Å². The molecule has 0 aliphatic heterocycles. The molecule has 25 heavy (non-hydrogen) atoms. The van der Waals surface area contributed by atoms with Crippen molar-refractivity contribution in [3.63, 3.8) is 0 Å². The zero-order valence-electron chi connectivity index (χ0n) is 12.8. The lowest BCUT2D eigenvalue weighted by atomic mass is 10.2. The molecule has 0 saturated heterocycles. The summed E-state index contributed by atoms with van der Waals surface area (Å²) in [4.78, 5) is 11.9. The zero-order valence-corrected chi connectivity index (χ0v) is 15.2. The Bertz CT molecular complexity index is 934. The highest BCUT2D eigenvalue weighted by molar-refractivity contribution is 7.89. The number of anilines is 1. The standard InChI is InChI=1S/C14H13ClN4O4S2/c1-9-12(15)6-3-7-13(9)16-14(24)17-18-25(22,23)11-5-2-4-10(8-11)19(20)21/h2-8,18H,1H3,(H2,16,17,24). The summed E-state index contributed by atoms with van der Waals surface area (Å²) in [5.74, 6) is 0. The monoisotopic (exact) mass is 400 g/mol. The SMILES string of the molecule is Cc1c(Cl)cccc1NC(=S)NNS(=O)(=O)c1cccc([N+](=O)[O-])c1. The molecule has 0 aliphatic rings. The number of nitrogens with zero attached hydrogens (tertiary/aromatic N) is 1. The summed E-state index contributed by atoms with van der Waals surface area (Å²) >= 11 is 11.0. The lowest BCUT2D eigenvalue weighted by molar-refractivity contribution is -0.385. The van der Waals surface area contributed by atoms with Gasteiger partial charge in [-0.15, -0.1) is 4.83 Å². The molecular weight excluding hydrogens is 388 g/mol. The van der Waals surface area contributed by atoms with E-state index in [2.05, 4.69) is 15.6 Å². The Morgan fingerprint density at radius 1 is 1.24 bits per heavy atom. The van der Waals surface area contributed by atoms with Gasteiger partial charge in [-0.1, -0.05) is 23.7 Å². The van der Waals surface area contributed by atoms with Crippen LogP contribution in [0.2, 0.25) is 5.02 Å². The number of nitrogens with one attached hydrogen (secondary N) is 3. The summed E-state index contributed by atoms with van der Waals surface area (Å²) in [5, 5.41) is 14.1. The van der Waals surface area contributed by atoms with Gasteiger partial charge in [-0.25, -0.2) is 8.42 Å². The van der Waals surface area contributed by atoms with E-state index in [0.29, 0.717) is 10.7 Å². The first-order valence-electron chi connectivity index (χ1n) is 6.79. The highest BCUT2D eigenvalue weighted by Crippen LogP contribution is 2.22. The Balaban J connectivity index is 2.06. The van der Waals surface area contributed by atoms with Crippen LogP contribution in [0, 0.1) is 17.0 Å².